The molecule has 94 valence electrons. The molecule has 1 aromatic rings. The SMILES string of the molecule is CCc1cccc(C)c1NCC1(CNC)CC1. The van der Waals surface area contributed by atoms with Gasteiger partial charge in [-0.1, -0.05) is 25.1 Å². The van der Waals surface area contributed by atoms with Gasteiger partial charge >= 0.3 is 0 Å². The van der Waals surface area contributed by atoms with Crippen LogP contribution < -0.4 is 10.6 Å². The van der Waals surface area contributed by atoms with Crippen LogP contribution in [-0.4, -0.2) is 20.1 Å². The lowest BCUT2D eigenvalue weighted by molar-refractivity contribution is 0.507. The molecule has 1 aliphatic rings. The topological polar surface area (TPSA) is 24.1 Å². The number of hydrogen-bond donors (Lipinski definition) is 2. The third-order valence-electron chi connectivity index (χ3n) is 3.89. The summed E-state index contributed by atoms with van der Waals surface area (Å²) in [7, 11) is 2.05. The second-order valence-electron chi connectivity index (χ2n) is 5.35. The molecule has 0 amide bonds. The van der Waals surface area contributed by atoms with E-state index in [1.807, 2.05) is 7.05 Å². The largest absolute Gasteiger partial charge is 0.384 e. The Bertz CT molecular complexity index is 381. The van der Waals surface area contributed by atoms with Gasteiger partial charge in [-0.15, -0.1) is 0 Å². The van der Waals surface area contributed by atoms with Crippen molar-refractivity contribution in [2.45, 2.75) is 33.1 Å². The fourth-order valence-electron chi connectivity index (χ4n) is 2.52. The number of benzene rings is 1. The Morgan fingerprint density at radius 1 is 1.24 bits per heavy atom. The van der Waals surface area contributed by atoms with Crippen molar-refractivity contribution in [1.82, 2.24) is 5.32 Å². The van der Waals surface area contributed by atoms with E-state index in [-0.39, 0.29) is 0 Å². The average molecular weight is 232 g/mol. The van der Waals surface area contributed by atoms with Gasteiger partial charge in [0.25, 0.3) is 0 Å². The quantitative estimate of drug-likeness (QED) is 0.788. The molecule has 0 atom stereocenters. The summed E-state index contributed by atoms with van der Waals surface area (Å²) in [5.41, 5.74) is 4.68. The van der Waals surface area contributed by atoms with Gasteiger partial charge in [0.2, 0.25) is 0 Å². The zero-order chi connectivity index (χ0) is 12.3. The summed E-state index contributed by atoms with van der Waals surface area (Å²) < 4.78 is 0. The van der Waals surface area contributed by atoms with E-state index in [0.29, 0.717) is 5.41 Å². The predicted octanol–water partition coefficient (Wildman–Crippen LogP) is 2.97. The first-order chi connectivity index (χ1) is 8.21. The molecule has 2 nitrogen and oxygen atoms in total. The van der Waals surface area contributed by atoms with Crippen molar-refractivity contribution in [3.8, 4) is 0 Å². The van der Waals surface area contributed by atoms with E-state index in [1.54, 1.807) is 0 Å². The van der Waals surface area contributed by atoms with E-state index < -0.39 is 0 Å². The van der Waals surface area contributed by atoms with Gasteiger partial charge in [-0.3, -0.25) is 0 Å². The highest BCUT2D eigenvalue weighted by atomic mass is 14.9. The Kier molecular flexibility index (Phi) is 3.72. The van der Waals surface area contributed by atoms with Crippen molar-refractivity contribution in [2.75, 3.05) is 25.5 Å². The molecule has 0 heterocycles. The Labute approximate surface area is 105 Å². The third kappa shape index (κ3) is 2.81. The smallest absolute Gasteiger partial charge is 0.0402 e. The maximum atomic E-state index is 3.68. The van der Waals surface area contributed by atoms with Crippen LogP contribution in [0.25, 0.3) is 0 Å². The fraction of sp³-hybridized carbons (Fsp3) is 0.600. The molecule has 1 aromatic carbocycles. The van der Waals surface area contributed by atoms with E-state index in [9.17, 15) is 0 Å². The van der Waals surface area contributed by atoms with Gasteiger partial charge < -0.3 is 10.6 Å². The van der Waals surface area contributed by atoms with Crippen LogP contribution >= 0.6 is 0 Å². The summed E-state index contributed by atoms with van der Waals surface area (Å²) in [4.78, 5) is 0. The van der Waals surface area contributed by atoms with Crippen LogP contribution in [0, 0.1) is 12.3 Å². The molecular weight excluding hydrogens is 208 g/mol. The monoisotopic (exact) mass is 232 g/mol. The second-order valence-corrected chi connectivity index (χ2v) is 5.35. The van der Waals surface area contributed by atoms with E-state index in [1.165, 1.54) is 29.7 Å². The molecule has 0 aromatic heterocycles. The highest BCUT2D eigenvalue weighted by molar-refractivity contribution is 5.57. The van der Waals surface area contributed by atoms with Crippen molar-refractivity contribution in [2.24, 2.45) is 5.41 Å². The number of anilines is 1. The Hall–Kier alpha value is -1.02. The van der Waals surface area contributed by atoms with Crippen LogP contribution in [0.3, 0.4) is 0 Å². The van der Waals surface area contributed by atoms with Crippen molar-refractivity contribution in [3.05, 3.63) is 29.3 Å². The predicted molar refractivity (Wildman–Crippen MR) is 74.6 cm³/mol. The molecule has 2 N–H and O–H groups in total. The van der Waals surface area contributed by atoms with E-state index in [4.69, 9.17) is 0 Å². The van der Waals surface area contributed by atoms with Crippen molar-refractivity contribution < 1.29 is 0 Å². The van der Waals surface area contributed by atoms with Gasteiger partial charge in [0.1, 0.15) is 0 Å². The molecule has 2 heteroatoms. The van der Waals surface area contributed by atoms with Crippen LogP contribution in [0.5, 0.6) is 0 Å². The standard InChI is InChI=1S/C15H24N2/c1-4-13-7-5-6-12(2)14(13)17-11-15(8-9-15)10-16-3/h5-7,16-17H,4,8-11H2,1-3H3. The molecule has 0 saturated heterocycles. The minimum absolute atomic E-state index is 0.516. The van der Waals surface area contributed by atoms with Gasteiger partial charge in [0.05, 0.1) is 0 Å². The molecule has 1 saturated carbocycles. The maximum absolute atomic E-state index is 3.68. The van der Waals surface area contributed by atoms with Crippen molar-refractivity contribution >= 4 is 5.69 Å². The minimum Gasteiger partial charge on any atom is -0.384 e. The maximum Gasteiger partial charge on any atom is 0.0402 e. The van der Waals surface area contributed by atoms with Crippen molar-refractivity contribution in [1.29, 1.82) is 0 Å². The highest BCUT2D eigenvalue weighted by Gasteiger charge is 2.41. The average Bonchev–Trinajstić information content (AvgIpc) is 3.08. The number of aryl methyl sites for hydroxylation is 2. The number of hydrogen-bond acceptors (Lipinski definition) is 2. The summed E-state index contributed by atoms with van der Waals surface area (Å²) >= 11 is 0. The van der Waals surface area contributed by atoms with Crippen LogP contribution in [0.15, 0.2) is 18.2 Å². The van der Waals surface area contributed by atoms with Gasteiger partial charge in [0.15, 0.2) is 0 Å². The number of para-hydroxylation sites is 1. The number of rotatable bonds is 6. The minimum atomic E-state index is 0.516. The Balaban J connectivity index is 2.03. The van der Waals surface area contributed by atoms with E-state index in [2.05, 4.69) is 42.7 Å². The Morgan fingerprint density at radius 2 is 2.00 bits per heavy atom. The molecule has 1 aliphatic carbocycles. The van der Waals surface area contributed by atoms with Gasteiger partial charge in [-0.25, -0.2) is 0 Å². The van der Waals surface area contributed by atoms with Crippen LogP contribution in [-0.2, 0) is 6.42 Å². The first kappa shape index (κ1) is 12.4. The third-order valence-corrected chi connectivity index (χ3v) is 3.89. The number of nitrogens with one attached hydrogen (secondary N) is 2. The van der Waals surface area contributed by atoms with Crippen LogP contribution in [0.4, 0.5) is 5.69 Å². The summed E-state index contributed by atoms with van der Waals surface area (Å²) in [6.45, 7) is 6.65. The zero-order valence-corrected chi connectivity index (χ0v) is 11.3. The van der Waals surface area contributed by atoms with Crippen molar-refractivity contribution in [3.63, 3.8) is 0 Å². The normalized spacial score (nSPS) is 16.9. The first-order valence-corrected chi connectivity index (χ1v) is 6.68. The van der Waals surface area contributed by atoms with Gasteiger partial charge in [0, 0.05) is 24.2 Å². The van der Waals surface area contributed by atoms with E-state index >= 15 is 0 Å². The Morgan fingerprint density at radius 3 is 2.59 bits per heavy atom. The van der Waals surface area contributed by atoms with Crippen LogP contribution in [0.2, 0.25) is 0 Å². The lowest BCUT2D eigenvalue weighted by atomic mass is 10.0. The second kappa shape index (κ2) is 5.09. The molecule has 0 spiro atoms. The van der Waals surface area contributed by atoms with Crippen LogP contribution in [0.1, 0.15) is 30.9 Å². The fourth-order valence-corrected chi connectivity index (χ4v) is 2.52. The summed E-state index contributed by atoms with van der Waals surface area (Å²) in [5.74, 6) is 0. The molecule has 0 aliphatic heterocycles. The molecule has 0 bridgehead atoms. The zero-order valence-electron chi connectivity index (χ0n) is 11.3. The highest BCUT2D eigenvalue weighted by Crippen LogP contribution is 2.45. The van der Waals surface area contributed by atoms with Gasteiger partial charge in [-0.2, -0.15) is 0 Å². The van der Waals surface area contributed by atoms with Gasteiger partial charge in [-0.05, 0) is 44.4 Å². The molecule has 1 fully saturated rings. The lowest BCUT2D eigenvalue weighted by Crippen LogP contribution is -2.27. The summed E-state index contributed by atoms with van der Waals surface area (Å²) in [6, 6.07) is 6.58. The molecule has 0 unspecified atom stereocenters. The molecule has 0 radical (unpaired) electrons. The molecular formula is C15H24N2. The summed E-state index contributed by atoms with van der Waals surface area (Å²) in [6.07, 6.45) is 3.81. The van der Waals surface area contributed by atoms with E-state index in [0.717, 1.165) is 19.5 Å². The lowest BCUT2D eigenvalue weighted by Gasteiger charge is -2.19. The first-order valence-electron chi connectivity index (χ1n) is 6.68. The molecule has 2 rings (SSSR count). The molecule has 17 heavy (non-hydrogen) atoms. The summed E-state index contributed by atoms with van der Waals surface area (Å²) in [5, 5.41) is 6.99.